The van der Waals surface area contributed by atoms with Crippen molar-refractivity contribution in [2.45, 2.75) is 12.8 Å². The van der Waals surface area contributed by atoms with Gasteiger partial charge in [0, 0.05) is 33.7 Å². The second kappa shape index (κ2) is 8.42. The highest BCUT2D eigenvalue weighted by Gasteiger charge is 2.33. The lowest BCUT2D eigenvalue weighted by molar-refractivity contribution is -0.384. The van der Waals surface area contributed by atoms with Gasteiger partial charge in [0.1, 0.15) is 0 Å². The normalized spacial score (nSPS) is 16.0. The summed E-state index contributed by atoms with van der Waals surface area (Å²) in [4.78, 5) is 23.8. The number of non-ortho nitro benzene ring substituents is 1. The Bertz CT molecular complexity index is 1130. The van der Waals surface area contributed by atoms with Crippen LogP contribution >= 0.6 is 23.2 Å². The van der Waals surface area contributed by atoms with E-state index >= 15 is 0 Å². The van der Waals surface area contributed by atoms with E-state index in [1.807, 2.05) is 48.5 Å². The monoisotopic (exact) mass is 437 g/mol. The first kappa shape index (κ1) is 20.3. The van der Waals surface area contributed by atoms with Gasteiger partial charge in [-0.1, -0.05) is 47.5 Å². The molecule has 1 atom stereocenters. The van der Waals surface area contributed by atoms with Crippen LogP contribution in [0.15, 0.2) is 72.8 Å². The van der Waals surface area contributed by atoms with Gasteiger partial charge < -0.3 is 0 Å². The van der Waals surface area contributed by atoms with E-state index in [0.29, 0.717) is 22.0 Å². The molecule has 6 heteroatoms. The van der Waals surface area contributed by atoms with Gasteiger partial charge in [-0.05, 0) is 71.5 Å². The van der Waals surface area contributed by atoms with Crippen molar-refractivity contribution in [3.8, 4) is 0 Å². The molecule has 0 N–H and O–H groups in total. The smallest absolute Gasteiger partial charge is 0.269 e. The van der Waals surface area contributed by atoms with Gasteiger partial charge in [0.05, 0.1) is 4.92 Å². The molecule has 0 heterocycles. The Morgan fingerprint density at radius 3 is 1.90 bits per heavy atom. The lowest BCUT2D eigenvalue weighted by atomic mass is 9.86. The molecule has 3 aromatic carbocycles. The number of nitrogens with zero attached hydrogens (tertiary/aromatic N) is 1. The third-order valence-corrected chi connectivity index (χ3v) is 5.89. The van der Waals surface area contributed by atoms with E-state index in [1.165, 1.54) is 24.3 Å². The maximum atomic E-state index is 13.4. The van der Waals surface area contributed by atoms with Crippen LogP contribution in [0.4, 0.5) is 5.69 Å². The molecule has 0 radical (unpaired) electrons. The van der Waals surface area contributed by atoms with Gasteiger partial charge in [-0.2, -0.15) is 0 Å². The van der Waals surface area contributed by atoms with Crippen LogP contribution in [0.3, 0.4) is 0 Å². The molecular weight excluding hydrogens is 421 g/mol. The van der Waals surface area contributed by atoms with Gasteiger partial charge in [-0.25, -0.2) is 0 Å². The van der Waals surface area contributed by atoms with Crippen molar-refractivity contribution in [2.75, 3.05) is 0 Å². The third-order valence-electron chi connectivity index (χ3n) is 5.38. The molecule has 0 aromatic heterocycles. The second-order valence-electron chi connectivity index (χ2n) is 7.17. The van der Waals surface area contributed by atoms with E-state index in [4.69, 9.17) is 23.2 Å². The molecule has 4 rings (SSSR count). The predicted molar refractivity (Wildman–Crippen MR) is 120 cm³/mol. The lowest BCUT2D eigenvalue weighted by Gasteiger charge is -2.16. The van der Waals surface area contributed by atoms with Crippen molar-refractivity contribution >= 4 is 45.8 Å². The minimum absolute atomic E-state index is 0.0340. The first-order valence-corrected chi connectivity index (χ1v) is 10.2. The molecule has 0 spiro atoms. The summed E-state index contributed by atoms with van der Waals surface area (Å²) in [6.07, 6.45) is 1.43. The number of carbonyl (C=O) groups excluding carboxylic acids is 1. The summed E-state index contributed by atoms with van der Waals surface area (Å²) in [5.41, 5.74) is 4.49. The van der Waals surface area contributed by atoms with Crippen LogP contribution in [0.5, 0.6) is 0 Å². The summed E-state index contributed by atoms with van der Waals surface area (Å²) >= 11 is 12.1. The fourth-order valence-electron chi connectivity index (χ4n) is 3.94. The number of nitro groups is 1. The zero-order valence-corrected chi connectivity index (χ0v) is 17.4. The SMILES string of the molecule is O=C(c1ccc([N+](=O)[O-])cc1)C1CCC(c2ccc(Cl)cc2)=C1c1ccc(Cl)cc1. The molecule has 0 aliphatic heterocycles. The van der Waals surface area contributed by atoms with Crippen LogP contribution < -0.4 is 0 Å². The molecule has 1 aliphatic carbocycles. The van der Waals surface area contributed by atoms with Crippen molar-refractivity contribution in [3.05, 3.63) is 110 Å². The zero-order valence-electron chi connectivity index (χ0n) is 15.8. The molecule has 0 fully saturated rings. The second-order valence-corrected chi connectivity index (χ2v) is 8.04. The van der Waals surface area contributed by atoms with Gasteiger partial charge in [-0.3, -0.25) is 14.9 Å². The summed E-state index contributed by atoms with van der Waals surface area (Å²) in [6.45, 7) is 0. The topological polar surface area (TPSA) is 60.2 Å². The van der Waals surface area contributed by atoms with Gasteiger partial charge in [-0.15, -0.1) is 0 Å². The Morgan fingerprint density at radius 2 is 1.37 bits per heavy atom. The van der Waals surface area contributed by atoms with E-state index in [2.05, 4.69) is 0 Å². The Balaban J connectivity index is 1.78. The fraction of sp³-hybridized carbons (Fsp3) is 0.125. The van der Waals surface area contributed by atoms with Crippen LogP contribution in [-0.4, -0.2) is 10.7 Å². The zero-order chi connectivity index (χ0) is 21.3. The number of Topliss-reactive ketones (excluding diaryl/α,β-unsaturated/α-hetero) is 1. The van der Waals surface area contributed by atoms with E-state index in [-0.39, 0.29) is 17.4 Å². The number of benzene rings is 3. The summed E-state index contributed by atoms with van der Waals surface area (Å²) in [5.74, 6) is -0.378. The average molecular weight is 438 g/mol. The number of ketones is 1. The molecule has 1 aliphatic rings. The quantitative estimate of drug-likeness (QED) is 0.242. The summed E-state index contributed by atoms with van der Waals surface area (Å²) in [7, 11) is 0. The van der Waals surface area contributed by atoms with Crippen LogP contribution in [0.2, 0.25) is 10.0 Å². The van der Waals surface area contributed by atoms with Crippen LogP contribution in [-0.2, 0) is 0 Å². The molecule has 0 amide bonds. The Hall–Kier alpha value is -2.95. The first-order chi connectivity index (χ1) is 14.4. The van der Waals surface area contributed by atoms with E-state index in [9.17, 15) is 14.9 Å². The van der Waals surface area contributed by atoms with Crippen molar-refractivity contribution in [1.82, 2.24) is 0 Å². The van der Waals surface area contributed by atoms with E-state index in [1.54, 1.807) is 0 Å². The highest BCUT2D eigenvalue weighted by atomic mass is 35.5. The molecular formula is C24H17Cl2NO3. The molecule has 150 valence electrons. The minimum Gasteiger partial charge on any atom is -0.293 e. The lowest BCUT2D eigenvalue weighted by Crippen LogP contribution is -2.14. The minimum atomic E-state index is -0.471. The standard InChI is InChI=1S/C24H17Cl2NO3/c25-18-7-1-15(2-8-18)21-13-14-22(23(21)16-3-9-19(26)10-4-16)24(28)17-5-11-20(12-6-17)27(29)30/h1-12,22H,13-14H2. The number of rotatable bonds is 5. The molecule has 30 heavy (non-hydrogen) atoms. The number of allylic oxidation sites excluding steroid dienone is 2. The molecule has 0 saturated carbocycles. The predicted octanol–water partition coefficient (Wildman–Crippen LogP) is 7.11. The maximum Gasteiger partial charge on any atom is 0.269 e. The number of hydrogen-bond acceptors (Lipinski definition) is 3. The highest BCUT2D eigenvalue weighted by Crippen LogP contribution is 2.45. The first-order valence-electron chi connectivity index (χ1n) is 9.47. The van der Waals surface area contributed by atoms with Crippen LogP contribution in [0.25, 0.3) is 11.1 Å². The van der Waals surface area contributed by atoms with Crippen LogP contribution in [0.1, 0.15) is 34.3 Å². The van der Waals surface area contributed by atoms with Crippen molar-refractivity contribution in [1.29, 1.82) is 0 Å². The molecule has 0 bridgehead atoms. The maximum absolute atomic E-state index is 13.4. The van der Waals surface area contributed by atoms with Gasteiger partial charge in [0.2, 0.25) is 0 Å². The summed E-state index contributed by atoms with van der Waals surface area (Å²) < 4.78 is 0. The number of hydrogen-bond donors (Lipinski definition) is 0. The number of carbonyl (C=O) groups is 1. The van der Waals surface area contributed by atoms with Crippen molar-refractivity contribution < 1.29 is 9.72 Å². The largest absolute Gasteiger partial charge is 0.293 e. The Kier molecular flexibility index (Phi) is 5.71. The average Bonchev–Trinajstić information content (AvgIpc) is 3.19. The van der Waals surface area contributed by atoms with Gasteiger partial charge >= 0.3 is 0 Å². The fourth-order valence-corrected chi connectivity index (χ4v) is 4.20. The Labute approximate surface area is 183 Å². The van der Waals surface area contributed by atoms with Crippen molar-refractivity contribution in [3.63, 3.8) is 0 Å². The molecule has 1 unspecified atom stereocenters. The number of nitro benzene ring substituents is 1. The third kappa shape index (κ3) is 4.02. The molecule has 4 nitrogen and oxygen atoms in total. The summed E-state index contributed by atoms with van der Waals surface area (Å²) in [6, 6.07) is 20.9. The van der Waals surface area contributed by atoms with E-state index < -0.39 is 4.92 Å². The van der Waals surface area contributed by atoms with Gasteiger partial charge in [0.15, 0.2) is 5.78 Å². The highest BCUT2D eigenvalue weighted by molar-refractivity contribution is 6.31. The molecule has 0 saturated heterocycles. The van der Waals surface area contributed by atoms with Crippen molar-refractivity contribution in [2.24, 2.45) is 5.92 Å². The molecule has 3 aromatic rings. The summed E-state index contributed by atoms with van der Waals surface area (Å²) in [5, 5.41) is 12.2. The van der Waals surface area contributed by atoms with Crippen LogP contribution in [0, 0.1) is 16.0 Å². The van der Waals surface area contributed by atoms with E-state index in [0.717, 1.165) is 28.7 Å². The van der Waals surface area contributed by atoms with Gasteiger partial charge in [0.25, 0.3) is 5.69 Å². The number of halogens is 2. The Morgan fingerprint density at radius 1 is 0.833 bits per heavy atom.